The minimum absolute atomic E-state index is 0.0278. The van der Waals surface area contributed by atoms with Crippen LogP contribution in [0.4, 0.5) is 5.69 Å². The third-order valence-corrected chi connectivity index (χ3v) is 4.47. The van der Waals surface area contributed by atoms with Gasteiger partial charge in [0.25, 0.3) is 5.91 Å². The van der Waals surface area contributed by atoms with Crippen LogP contribution < -0.4 is 5.32 Å². The third-order valence-electron chi connectivity index (χ3n) is 4.47. The Hall–Kier alpha value is -3.74. The molecule has 1 aliphatic heterocycles. The van der Waals surface area contributed by atoms with Crippen LogP contribution in [0.1, 0.15) is 35.7 Å². The zero-order valence-corrected chi connectivity index (χ0v) is 15.8. The minimum atomic E-state index is -1.64. The van der Waals surface area contributed by atoms with E-state index in [-0.39, 0.29) is 12.2 Å². The van der Waals surface area contributed by atoms with Gasteiger partial charge >= 0.3 is 5.97 Å². The van der Waals surface area contributed by atoms with Gasteiger partial charge in [0, 0.05) is 17.7 Å². The molecule has 7 heteroatoms. The SMILES string of the molecule is CC(=O)c1ccc(NC(=O)[C@@]2(CC(=O)O)CC(/C=C/c3ccccc3)=NO2)cc1. The molecule has 0 spiro atoms. The summed E-state index contributed by atoms with van der Waals surface area (Å²) in [6.07, 6.45) is 3.02. The Kier molecular flexibility index (Phi) is 5.87. The van der Waals surface area contributed by atoms with E-state index in [0.29, 0.717) is 17.0 Å². The van der Waals surface area contributed by atoms with Crippen LogP contribution in [0.25, 0.3) is 6.08 Å². The van der Waals surface area contributed by atoms with E-state index in [1.165, 1.54) is 6.92 Å². The molecule has 2 N–H and O–H groups in total. The number of hydrogen-bond donors (Lipinski definition) is 2. The Morgan fingerprint density at radius 3 is 2.41 bits per heavy atom. The molecule has 1 aliphatic rings. The molecule has 29 heavy (non-hydrogen) atoms. The fourth-order valence-electron chi connectivity index (χ4n) is 2.92. The van der Waals surface area contributed by atoms with Crippen molar-refractivity contribution in [3.8, 4) is 0 Å². The minimum Gasteiger partial charge on any atom is -0.481 e. The van der Waals surface area contributed by atoms with E-state index in [9.17, 15) is 19.5 Å². The van der Waals surface area contributed by atoms with Crippen molar-refractivity contribution < 1.29 is 24.3 Å². The molecule has 148 valence electrons. The fraction of sp³-hybridized carbons (Fsp3) is 0.182. The van der Waals surface area contributed by atoms with Gasteiger partial charge in [-0.15, -0.1) is 0 Å². The summed E-state index contributed by atoms with van der Waals surface area (Å²) < 4.78 is 0. The van der Waals surface area contributed by atoms with Gasteiger partial charge in [0.15, 0.2) is 5.78 Å². The number of allylic oxidation sites excluding steroid dienone is 1. The van der Waals surface area contributed by atoms with Crippen LogP contribution in [0.2, 0.25) is 0 Å². The average molecular weight is 392 g/mol. The lowest BCUT2D eigenvalue weighted by molar-refractivity contribution is -0.152. The van der Waals surface area contributed by atoms with E-state index in [0.717, 1.165) is 5.56 Å². The van der Waals surface area contributed by atoms with Crippen LogP contribution in [0, 0.1) is 0 Å². The summed E-state index contributed by atoms with van der Waals surface area (Å²) >= 11 is 0. The van der Waals surface area contributed by atoms with Gasteiger partial charge < -0.3 is 15.3 Å². The maximum absolute atomic E-state index is 12.8. The zero-order valence-electron chi connectivity index (χ0n) is 15.8. The Morgan fingerprint density at radius 1 is 1.10 bits per heavy atom. The van der Waals surface area contributed by atoms with Crippen molar-refractivity contribution in [3.05, 3.63) is 71.8 Å². The molecule has 0 unspecified atom stereocenters. The van der Waals surface area contributed by atoms with Gasteiger partial charge in [0.05, 0.1) is 12.1 Å². The molecule has 0 bridgehead atoms. The number of rotatable bonds is 7. The number of carboxylic acids is 1. The van der Waals surface area contributed by atoms with Gasteiger partial charge in [0.1, 0.15) is 0 Å². The summed E-state index contributed by atoms with van der Waals surface area (Å²) in [5.41, 5.74) is 0.721. The maximum atomic E-state index is 12.8. The highest BCUT2D eigenvalue weighted by Gasteiger charge is 2.48. The van der Waals surface area contributed by atoms with Gasteiger partial charge in [-0.3, -0.25) is 14.4 Å². The molecule has 0 saturated carbocycles. The van der Waals surface area contributed by atoms with Crippen LogP contribution in [0.5, 0.6) is 0 Å². The van der Waals surface area contributed by atoms with Gasteiger partial charge in [0.2, 0.25) is 5.60 Å². The third kappa shape index (κ3) is 4.95. The number of aliphatic carboxylic acids is 1. The van der Waals surface area contributed by atoms with Crippen molar-refractivity contribution in [2.75, 3.05) is 5.32 Å². The van der Waals surface area contributed by atoms with Crippen molar-refractivity contribution in [3.63, 3.8) is 0 Å². The number of nitrogens with one attached hydrogen (secondary N) is 1. The summed E-state index contributed by atoms with van der Waals surface area (Å²) in [4.78, 5) is 40.9. The Morgan fingerprint density at radius 2 is 1.79 bits per heavy atom. The first-order valence-corrected chi connectivity index (χ1v) is 9.00. The monoisotopic (exact) mass is 392 g/mol. The number of nitrogens with zero attached hydrogens (tertiary/aromatic N) is 1. The fourth-order valence-corrected chi connectivity index (χ4v) is 2.92. The second-order valence-corrected chi connectivity index (χ2v) is 6.75. The van der Waals surface area contributed by atoms with Crippen LogP contribution in [0.15, 0.2) is 65.8 Å². The number of carboxylic acid groups (broad SMARTS) is 1. The number of carbonyl (C=O) groups excluding carboxylic acids is 2. The highest BCUT2D eigenvalue weighted by Crippen LogP contribution is 2.30. The Labute approximate surface area is 167 Å². The quantitative estimate of drug-likeness (QED) is 0.702. The number of anilines is 1. The van der Waals surface area contributed by atoms with Crippen molar-refractivity contribution in [2.45, 2.75) is 25.4 Å². The Bertz CT molecular complexity index is 980. The van der Waals surface area contributed by atoms with Gasteiger partial charge in [-0.1, -0.05) is 41.6 Å². The topological polar surface area (TPSA) is 105 Å². The number of amides is 1. The zero-order chi connectivity index (χ0) is 20.9. The Balaban J connectivity index is 1.73. The molecule has 2 aromatic carbocycles. The molecule has 2 aromatic rings. The summed E-state index contributed by atoms with van der Waals surface area (Å²) in [5, 5.41) is 15.9. The van der Waals surface area contributed by atoms with Gasteiger partial charge in [-0.2, -0.15) is 0 Å². The van der Waals surface area contributed by atoms with E-state index in [2.05, 4.69) is 10.5 Å². The smallest absolute Gasteiger partial charge is 0.308 e. The highest BCUT2D eigenvalue weighted by molar-refractivity contribution is 6.08. The number of oxime groups is 1. The predicted molar refractivity (Wildman–Crippen MR) is 109 cm³/mol. The summed E-state index contributed by atoms with van der Waals surface area (Å²) in [5.74, 6) is -1.87. The molecule has 1 atom stereocenters. The second-order valence-electron chi connectivity index (χ2n) is 6.75. The van der Waals surface area contributed by atoms with Crippen LogP contribution in [-0.2, 0) is 14.4 Å². The molecule has 1 amide bonds. The number of ketones is 1. The average Bonchev–Trinajstić information content (AvgIpc) is 3.11. The summed E-state index contributed by atoms with van der Waals surface area (Å²) in [7, 11) is 0. The normalized spacial score (nSPS) is 18.2. The van der Waals surface area contributed by atoms with Gasteiger partial charge in [-0.05, 0) is 42.8 Å². The molecule has 0 fully saturated rings. The first-order valence-electron chi connectivity index (χ1n) is 9.00. The van der Waals surface area contributed by atoms with Gasteiger partial charge in [-0.25, -0.2) is 0 Å². The summed E-state index contributed by atoms with van der Waals surface area (Å²) in [6.45, 7) is 1.45. The number of carbonyl (C=O) groups is 3. The molecular formula is C22H20N2O5. The molecule has 3 rings (SSSR count). The second kappa shape index (κ2) is 8.52. The molecule has 1 heterocycles. The molecule has 0 radical (unpaired) electrons. The van der Waals surface area contributed by atoms with E-state index in [4.69, 9.17) is 4.84 Å². The first-order chi connectivity index (χ1) is 13.9. The standard InChI is InChI=1S/C22H20N2O5/c1-15(25)17-8-11-18(12-9-17)23-21(28)22(14-20(26)27)13-19(24-29-22)10-7-16-5-3-2-4-6-16/h2-12H,13-14H2,1H3,(H,23,28)(H,26,27)/b10-7+/t22-/m0/s1. The summed E-state index contributed by atoms with van der Waals surface area (Å²) in [6, 6.07) is 15.8. The molecule has 0 aliphatic carbocycles. The molecule has 7 nitrogen and oxygen atoms in total. The lowest BCUT2D eigenvalue weighted by atomic mass is 9.92. The lowest BCUT2D eigenvalue weighted by Crippen LogP contribution is -2.45. The highest BCUT2D eigenvalue weighted by atomic mass is 16.7. The van der Waals surface area contributed by atoms with Crippen molar-refractivity contribution in [1.82, 2.24) is 0 Å². The van der Waals surface area contributed by atoms with E-state index < -0.39 is 23.9 Å². The largest absolute Gasteiger partial charge is 0.481 e. The lowest BCUT2D eigenvalue weighted by Gasteiger charge is -2.23. The van der Waals surface area contributed by atoms with Crippen molar-refractivity contribution >= 4 is 35.1 Å². The number of benzene rings is 2. The number of Topliss-reactive ketones (excluding diaryl/α,β-unsaturated/α-hetero) is 1. The maximum Gasteiger partial charge on any atom is 0.308 e. The van der Waals surface area contributed by atoms with E-state index >= 15 is 0 Å². The molecule has 0 aromatic heterocycles. The first kappa shape index (κ1) is 20.0. The van der Waals surface area contributed by atoms with Crippen LogP contribution in [0.3, 0.4) is 0 Å². The molecular weight excluding hydrogens is 372 g/mol. The number of hydrogen-bond acceptors (Lipinski definition) is 5. The predicted octanol–water partition coefficient (Wildman–Crippen LogP) is 3.53. The molecule has 0 saturated heterocycles. The van der Waals surface area contributed by atoms with Crippen molar-refractivity contribution in [2.24, 2.45) is 5.16 Å². The van der Waals surface area contributed by atoms with Crippen molar-refractivity contribution in [1.29, 1.82) is 0 Å². The van der Waals surface area contributed by atoms with E-state index in [1.54, 1.807) is 30.3 Å². The van der Waals surface area contributed by atoms with E-state index in [1.807, 2.05) is 36.4 Å². The van der Waals surface area contributed by atoms with Crippen LogP contribution in [-0.4, -0.2) is 34.1 Å². The van der Waals surface area contributed by atoms with Crippen LogP contribution >= 0.6 is 0 Å².